The van der Waals surface area contributed by atoms with Crippen LogP contribution in [0.1, 0.15) is 15.9 Å². The normalized spacial score (nSPS) is 10.7. The van der Waals surface area contributed by atoms with Crippen LogP contribution in [-0.2, 0) is 7.05 Å². The molecule has 2 aromatic rings. The van der Waals surface area contributed by atoms with E-state index in [1.165, 1.54) is 30.2 Å². The Morgan fingerprint density at radius 3 is 2.90 bits per heavy atom. The number of aryl methyl sites for hydroxylation is 1. The number of phenolic OH excluding ortho intramolecular Hbond substituents is 1. The van der Waals surface area contributed by atoms with Crippen molar-refractivity contribution in [1.82, 2.24) is 15.2 Å². The first-order chi connectivity index (χ1) is 9.99. The number of rotatable bonds is 4. The molecular formula is C12H11N5O4. The topological polar surface area (TPSA) is 123 Å². The second kappa shape index (κ2) is 5.82. The van der Waals surface area contributed by atoms with Crippen LogP contribution in [0.5, 0.6) is 5.75 Å². The lowest BCUT2D eigenvalue weighted by molar-refractivity contribution is -0.390. The lowest BCUT2D eigenvalue weighted by Gasteiger charge is -1.98. The molecule has 9 heteroatoms. The smallest absolute Gasteiger partial charge is 0.402 e. The van der Waals surface area contributed by atoms with Crippen molar-refractivity contribution >= 4 is 17.9 Å². The minimum atomic E-state index is -0.763. The molecule has 108 valence electrons. The first kappa shape index (κ1) is 14.2. The van der Waals surface area contributed by atoms with Crippen molar-refractivity contribution in [3.05, 3.63) is 51.7 Å². The Balaban J connectivity index is 2.12. The van der Waals surface area contributed by atoms with Crippen molar-refractivity contribution in [2.45, 2.75) is 0 Å². The Kier molecular flexibility index (Phi) is 3.93. The van der Waals surface area contributed by atoms with Gasteiger partial charge in [-0.15, -0.1) is 0 Å². The number of amides is 1. The maximum absolute atomic E-state index is 11.8. The van der Waals surface area contributed by atoms with E-state index >= 15 is 0 Å². The van der Waals surface area contributed by atoms with Crippen molar-refractivity contribution in [1.29, 1.82) is 0 Å². The number of carbonyl (C=O) groups is 1. The van der Waals surface area contributed by atoms with Crippen molar-refractivity contribution in [3.63, 3.8) is 0 Å². The Morgan fingerprint density at radius 1 is 1.52 bits per heavy atom. The van der Waals surface area contributed by atoms with Crippen LogP contribution in [0.2, 0.25) is 0 Å². The number of benzene rings is 1. The van der Waals surface area contributed by atoms with Gasteiger partial charge >= 0.3 is 5.82 Å². The maximum Gasteiger partial charge on any atom is 0.402 e. The predicted molar refractivity (Wildman–Crippen MR) is 73.0 cm³/mol. The molecule has 0 bridgehead atoms. The highest BCUT2D eigenvalue weighted by Gasteiger charge is 2.25. The largest absolute Gasteiger partial charge is 0.507 e. The monoisotopic (exact) mass is 289 g/mol. The third kappa shape index (κ3) is 3.21. The van der Waals surface area contributed by atoms with Crippen molar-refractivity contribution in [2.24, 2.45) is 12.1 Å². The van der Waals surface area contributed by atoms with E-state index in [2.05, 4.69) is 15.6 Å². The van der Waals surface area contributed by atoms with E-state index in [1.54, 1.807) is 18.2 Å². The molecule has 0 fully saturated rings. The summed E-state index contributed by atoms with van der Waals surface area (Å²) < 4.78 is 1.17. The zero-order valence-electron chi connectivity index (χ0n) is 10.9. The van der Waals surface area contributed by atoms with Crippen LogP contribution in [-0.4, -0.2) is 31.9 Å². The highest BCUT2D eigenvalue weighted by atomic mass is 16.6. The van der Waals surface area contributed by atoms with Gasteiger partial charge in [0.15, 0.2) is 5.56 Å². The van der Waals surface area contributed by atoms with E-state index in [4.69, 9.17) is 0 Å². The number of hydrogen-bond donors (Lipinski definition) is 2. The average Bonchev–Trinajstić information content (AvgIpc) is 2.83. The Hall–Kier alpha value is -3.23. The fraction of sp³-hybridized carbons (Fsp3) is 0.0833. The molecule has 1 aromatic heterocycles. The number of nitrogens with one attached hydrogen (secondary N) is 1. The molecule has 1 amide bonds. The quantitative estimate of drug-likeness (QED) is 0.489. The minimum absolute atomic E-state index is 0.00265. The van der Waals surface area contributed by atoms with Gasteiger partial charge in [-0.3, -0.25) is 4.79 Å². The van der Waals surface area contributed by atoms with Gasteiger partial charge in [0.1, 0.15) is 5.75 Å². The van der Waals surface area contributed by atoms with Crippen LogP contribution in [0.4, 0.5) is 5.82 Å². The van der Waals surface area contributed by atoms with Gasteiger partial charge in [-0.25, -0.2) is 5.43 Å². The summed E-state index contributed by atoms with van der Waals surface area (Å²) in [6, 6.07) is 6.39. The van der Waals surface area contributed by atoms with Gasteiger partial charge in [-0.2, -0.15) is 9.78 Å². The molecule has 21 heavy (non-hydrogen) atoms. The lowest BCUT2D eigenvalue weighted by atomic mass is 10.2. The van der Waals surface area contributed by atoms with Crippen LogP contribution in [0.25, 0.3) is 0 Å². The van der Waals surface area contributed by atoms with Gasteiger partial charge in [-0.05, 0) is 17.1 Å². The molecule has 0 radical (unpaired) electrons. The third-order valence-electron chi connectivity index (χ3n) is 2.53. The number of nitrogens with zero attached hydrogens (tertiary/aromatic N) is 4. The fourth-order valence-corrected chi connectivity index (χ4v) is 1.59. The number of aromatic nitrogens is 2. The van der Waals surface area contributed by atoms with Gasteiger partial charge in [-0.1, -0.05) is 12.1 Å². The molecule has 0 saturated heterocycles. The first-order valence-electron chi connectivity index (χ1n) is 5.78. The van der Waals surface area contributed by atoms with Crippen molar-refractivity contribution in [3.8, 4) is 5.75 Å². The van der Waals surface area contributed by atoms with Crippen LogP contribution < -0.4 is 5.43 Å². The second-order valence-corrected chi connectivity index (χ2v) is 4.06. The summed E-state index contributed by atoms with van der Waals surface area (Å²) in [6.07, 6.45) is 2.46. The minimum Gasteiger partial charge on any atom is -0.507 e. The van der Waals surface area contributed by atoms with E-state index in [1.807, 2.05) is 0 Å². The highest BCUT2D eigenvalue weighted by molar-refractivity contribution is 5.97. The summed E-state index contributed by atoms with van der Waals surface area (Å²) in [7, 11) is 1.47. The third-order valence-corrected chi connectivity index (χ3v) is 2.53. The van der Waals surface area contributed by atoms with E-state index in [-0.39, 0.29) is 11.3 Å². The second-order valence-electron chi connectivity index (χ2n) is 4.06. The summed E-state index contributed by atoms with van der Waals surface area (Å²) in [5.74, 6) is -1.31. The molecule has 0 saturated carbocycles. The summed E-state index contributed by atoms with van der Waals surface area (Å²) in [5.41, 5.74) is 2.35. The molecule has 1 heterocycles. The molecule has 0 aliphatic heterocycles. The number of aromatic hydroxyl groups is 1. The van der Waals surface area contributed by atoms with Crippen LogP contribution >= 0.6 is 0 Å². The average molecular weight is 289 g/mol. The molecule has 0 spiro atoms. The summed E-state index contributed by atoms with van der Waals surface area (Å²) in [4.78, 5) is 21.8. The molecular weight excluding hydrogens is 278 g/mol. The van der Waals surface area contributed by atoms with Crippen LogP contribution in [0.3, 0.4) is 0 Å². The molecule has 0 atom stereocenters. The van der Waals surface area contributed by atoms with Gasteiger partial charge in [0.25, 0.3) is 5.91 Å². The number of nitro groups is 1. The molecule has 1 aromatic carbocycles. The van der Waals surface area contributed by atoms with Gasteiger partial charge in [0.2, 0.25) is 0 Å². The number of hydrogen-bond acceptors (Lipinski definition) is 6. The van der Waals surface area contributed by atoms with Crippen LogP contribution in [0.15, 0.2) is 35.6 Å². The first-order valence-corrected chi connectivity index (χ1v) is 5.78. The molecule has 0 unspecified atom stereocenters. The van der Waals surface area contributed by atoms with Crippen LogP contribution in [0, 0.1) is 10.1 Å². The van der Waals surface area contributed by atoms with Gasteiger partial charge < -0.3 is 15.2 Å². The number of carbonyl (C=O) groups excluding carboxylic acids is 1. The zero-order valence-corrected chi connectivity index (χ0v) is 10.9. The lowest BCUT2D eigenvalue weighted by Crippen LogP contribution is -2.18. The Morgan fingerprint density at radius 2 is 2.24 bits per heavy atom. The van der Waals surface area contributed by atoms with Crippen molar-refractivity contribution < 1.29 is 14.8 Å². The molecule has 9 nitrogen and oxygen atoms in total. The fourth-order valence-electron chi connectivity index (χ4n) is 1.59. The summed E-state index contributed by atoms with van der Waals surface area (Å²) in [6.45, 7) is 0. The number of para-hydroxylation sites is 1. The highest BCUT2D eigenvalue weighted by Crippen LogP contribution is 2.15. The Bertz CT molecular complexity index is 722. The molecule has 2 N–H and O–H groups in total. The predicted octanol–water partition coefficient (Wildman–Crippen LogP) is 0.798. The molecule has 2 rings (SSSR count). The Labute approximate surface area is 118 Å². The number of hydrazone groups is 1. The van der Waals surface area contributed by atoms with E-state index in [0.717, 1.165) is 0 Å². The van der Waals surface area contributed by atoms with E-state index < -0.39 is 16.6 Å². The maximum atomic E-state index is 11.8. The summed E-state index contributed by atoms with van der Waals surface area (Å²) >= 11 is 0. The SMILES string of the molecule is Cn1cc(C(=O)N/N=C/c2ccccc2O)c([N+](=O)[O-])n1. The number of phenols is 1. The summed E-state index contributed by atoms with van der Waals surface area (Å²) in [5, 5.41) is 27.5. The van der Waals surface area contributed by atoms with Gasteiger partial charge in [0.05, 0.1) is 24.6 Å². The standard InChI is InChI=1S/C12H11N5O4/c1-16-7-9(11(15-16)17(20)21)12(19)14-13-6-8-4-2-3-5-10(8)18/h2-7,18H,1H3,(H,14,19)/b13-6+. The van der Waals surface area contributed by atoms with Gasteiger partial charge in [0, 0.05) is 5.56 Å². The van der Waals surface area contributed by atoms with Crippen molar-refractivity contribution in [2.75, 3.05) is 0 Å². The zero-order chi connectivity index (χ0) is 15.4. The van der Waals surface area contributed by atoms with E-state index in [0.29, 0.717) is 5.56 Å². The van der Waals surface area contributed by atoms with E-state index in [9.17, 15) is 20.0 Å². The molecule has 0 aliphatic rings. The molecule has 0 aliphatic carbocycles.